The second-order valence-electron chi connectivity index (χ2n) is 4.41. The van der Waals surface area contributed by atoms with Crippen LogP contribution in [0.3, 0.4) is 0 Å². The predicted molar refractivity (Wildman–Crippen MR) is 70.5 cm³/mol. The number of hydrogen-bond acceptors (Lipinski definition) is 3. The molecule has 21 heavy (non-hydrogen) atoms. The third kappa shape index (κ3) is 3.84. The molecule has 0 saturated heterocycles. The molecule has 0 atom stereocenters. The molecule has 0 aliphatic rings. The monoisotopic (exact) mass is 298 g/mol. The van der Waals surface area contributed by atoms with Crippen LogP contribution in [0.15, 0.2) is 34.9 Å². The molecular weight excluding hydrogens is 285 g/mol. The first-order valence-corrected chi connectivity index (χ1v) is 6.33. The Labute approximate surface area is 119 Å². The van der Waals surface area contributed by atoms with Crippen molar-refractivity contribution in [3.05, 3.63) is 36.1 Å². The van der Waals surface area contributed by atoms with E-state index in [9.17, 15) is 18.0 Å². The summed E-state index contributed by atoms with van der Waals surface area (Å²) in [6, 6.07) is 4.58. The highest BCUT2D eigenvalue weighted by molar-refractivity contribution is 5.88. The van der Waals surface area contributed by atoms with Gasteiger partial charge in [0, 0.05) is 12.0 Å². The third-order valence-corrected chi connectivity index (χ3v) is 2.74. The molecule has 1 amide bonds. The average molecular weight is 298 g/mol. The van der Waals surface area contributed by atoms with E-state index in [4.69, 9.17) is 4.42 Å². The van der Waals surface area contributed by atoms with Crippen LogP contribution in [0, 0.1) is 0 Å². The lowest BCUT2D eigenvalue weighted by Crippen LogP contribution is -2.10. The molecule has 1 aromatic carbocycles. The highest BCUT2D eigenvalue weighted by Gasteiger charge is 2.30. The number of nitrogens with one attached hydrogen (secondary N) is 1. The van der Waals surface area contributed by atoms with Gasteiger partial charge in [-0.05, 0) is 18.6 Å². The smallest absolute Gasteiger partial charge is 0.416 e. The summed E-state index contributed by atoms with van der Waals surface area (Å²) < 4.78 is 42.4. The van der Waals surface area contributed by atoms with Crippen LogP contribution in [0.2, 0.25) is 0 Å². The molecule has 4 nitrogen and oxygen atoms in total. The molecule has 0 aliphatic heterocycles. The Morgan fingerprint density at radius 1 is 1.29 bits per heavy atom. The second kappa shape index (κ2) is 5.99. The number of anilines is 1. The molecule has 2 aromatic rings. The van der Waals surface area contributed by atoms with Gasteiger partial charge in [0.05, 0.1) is 5.56 Å². The quantitative estimate of drug-likeness (QED) is 0.924. The van der Waals surface area contributed by atoms with Crippen LogP contribution >= 0.6 is 0 Å². The van der Waals surface area contributed by atoms with Crippen molar-refractivity contribution in [2.75, 3.05) is 5.32 Å². The molecule has 1 N–H and O–H groups in total. The predicted octanol–water partition coefficient (Wildman–Crippen LogP) is 4.10. The van der Waals surface area contributed by atoms with E-state index in [1.807, 2.05) is 6.92 Å². The number of nitrogens with zero attached hydrogens (tertiary/aromatic N) is 1. The number of alkyl halides is 3. The molecule has 0 aliphatic carbocycles. The normalized spacial score (nSPS) is 11.4. The molecular formula is C14H13F3N2O2. The SMILES string of the molecule is CCCC(=O)Nc1nc(-c2ccc(C(F)(F)F)cc2)co1. The first kappa shape index (κ1) is 15.1. The topological polar surface area (TPSA) is 55.1 Å². The van der Waals surface area contributed by atoms with Gasteiger partial charge in [-0.1, -0.05) is 19.1 Å². The van der Waals surface area contributed by atoms with Crippen LogP contribution in [0.25, 0.3) is 11.3 Å². The van der Waals surface area contributed by atoms with Crippen molar-refractivity contribution in [3.63, 3.8) is 0 Å². The van der Waals surface area contributed by atoms with E-state index in [-0.39, 0.29) is 11.9 Å². The lowest BCUT2D eigenvalue weighted by molar-refractivity contribution is -0.137. The van der Waals surface area contributed by atoms with Crippen LogP contribution in [-0.4, -0.2) is 10.9 Å². The Kier molecular flexibility index (Phi) is 4.30. The summed E-state index contributed by atoms with van der Waals surface area (Å²) in [4.78, 5) is 15.4. The van der Waals surface area contributed by atoms with Gasteiger partial charge in [0.1, 0.15) is 12.0 Å². The molecule has 1 heterocycles. The van der Waals surface area contributed by atoms with Crippen LogP contribution in [0.1, 0.15) is 25.3 Å². The van der Waals surface area contributed by atoms with E-state index < -0.39 is 11.7 Å². The summed E-state index contributed by atoms with van der Waals surface area (Å²) in [6.45, 7) is 1.86. The Morgan fingerprint density at radius 2 is 1.95 bits per heavy atom. The number of carbonyl (C=O) groups excluding carboxylic acids is 1. The fourth-order valence-corrected chi connectivity index (χ4v) is 1.70. The van der Waals surface area contributed by atoms with Crippen LogP contribution in [0.5, 0.6) is 0 Å². The van der Waals surface area contributed by atoms with Gasteiger partial charge >= 0.3 is 12.2 Å². The van der Waals surface area contributed by atoms with Gasteiger partial charge < -0.3 is 4.42 Å². The van der Waals surface area contributed by atoms with Gasteiger partial charge in [-0.3, -0.25) is 10.1 Å². The first-order valence-electron chi connectivity index (χ1n) is 6.33. The molecule has 0 spiro atoms. The summed E-state index contributed by atoms with van der Waals surface area (Å²) in [5, 5.41) is 2.47. The molecule has 0 saturated carbocycles. The van der Waals surface area contributed by atoms with E-state index in [1.165, 1.54) is 18.4 Å². The van der Waals surface area contributed by atoms with Crippen LogP contribution < -0.4 is 5.32 Å². The average Bonchev–Trinajstić information content (AvgIpc) is 2.86. The Hall–Kier alpha value is -2.31. The van der Waals surface area contributed by atoms with E-state index in [0.717, 1.165) is 12.1 Å². The van der Waals surface area contributed by atoms with Crippen LogP contribution in [0.4, 0.5) is 19.2 Å². The zero-order valence-electron chi connectivity index (χ0n) is 11.2. The minimum absolute atomic E-state index is 0.0309. The number of oxazole rings is 1. The summed E-state index contributed by atoms with van der Waals surface area (Å²) in [5.74, 6) is -0.224. The maximum atomic E-state index is 12.5. The van der Waals surface area contributed by atoms with E-state index in [1.54, 1.807) is 0 Å². The van der Waals surface area contributed by atoms with Crippen molar-refractivity contribution in [3.8, 4) is 11.3 Å². The highest BCUT2D eigenvalue weighted by atomic mass is 19.4. The zero-order chi connectivity index (χ0) is 15.5. The number of hydrogen-bond donors (Lipinski definition) is 1. The molecule has 0 bridgehead atoms. The Morgan fingerprint density at radius 3 is 2.52 bits per heavy atom. The number of amides is 1. The number of benzene rings is 1. The molecule has 112 valence electrons. The van der Waals surface area contributed by atoms with Crippen molar-refractivity contribution in [2.45, 2.75) is 25.9 Å². The number of aromatic nitrogens is 1. The fraction of sp³-hybridized carbons (Fsp3) is 0.286. The minimum atomic E-state index is -4.37. The van der Waals surface area contributed by atoms with Gasteiger partial charge in [-0.15, -0.1) is 0 Å². The number of rotatable bonds is 4. The lowest BCUT2D eigenvalue weighted by Gasteiger charge is -2.06. The standard InChI is InChI=1S/C14H13F3N2O2/c1-2-3-12(20)19-13-18-11(8-21-13)9-4-6-10(7-5-9)14(15,16)17/h4-8H,2-3H2,1H3,(H,18,19,20). The molecule has 0 unspecified atom stereocenters. The third-order valence-electron chi connectivity index (χ3n) is 2.74. The summed E-state index contributed by atoms with van der Waals surface area (Å²) in [6.07, 6.45) is -2.05. The summed E-state index contributed by atoms with van der Waals surface area (Å²) in [7, 11) is 0. The van der Waals surface area contributed by atoms with Gasteiger partial charge in [0.15, 0.2) is 0 Å². The molecule has 7 heteroatoms. The summed E-state index contributed by atoms with van der Waals surface area (Å²) >= 11 is 0. The van der Waals surface area contributed by atoms with Crippen molar-refractivity contribution in [1.82, 2.24) is 4.98 Å². The first-order chi connectivity index (χ1) is 9.90. The van der Waals surface area contributed by atoms with Gasteiger partial charge in [-0.25, -0.2) is 0 Å². The number of carbonyl (C=O) groups is 1. The summed E-state index contributed by atoms with van der Waals surface area (Å²) in [5.41, 5.74) is 0.101. The van der Waals surface area contributed by atoms with E-state index >= 15 is 0 Å². The van der Waals surface area contributed by atoms with E-state index in [2.05, 4.69) is 10.3 Å². The Balaban J connectivity index is 2.12. The van der Waals surface area contributed by atoms with Gasteiger partial charge in [-0.2, -0.15) is 18.2 Å². The molecule has 1 aromatic heterocycles. The van der Waals surface area contributed by atoms with Crippen LogP contribution in [-0.2, 0) is 11.0 Å². The largest absolute Gasteiger partial charge is 0.431 e. The zero-order valence-corrected chi connectivity index (χ0v) is 11.2. The molecule has 0 radical (unpaired) electrons. The Bertz CT molecular complexity index is 618. The fourth-order valence-electron chi connectivity index (χ4n) is 1.70. The maximum Gasteiger partial charge on any atom is 0.416 e. The van der Waals surface area contributed by atoms with Crippen molar-refractivity contribution in [1.29, 1.82) is 0 Å². The maximum absolute atomic E-state index is 12.5. The van der Waals surface area contributed by atoms with Crippen molar-refractivity contribution >= 4 is 11.9 Å². The molecule has 0 fully saturated rings. The second-order valence-corrected chi connectivity index (χ2v) is 4.41. The number of halogens is 3. The van der Waals surface area contributed by atoms with Crippen molar-refractivity contribution in [2.24, 2.45) is 0 Å². The highest BCUT2D eigenvalue weighted by Crippen LogP contribution is 2.31. The lowest BCUT2D eigenvalue weighted by atomic mass is 10.1. The minimum Gasteiger partial charge on any atom is -0.431 e. The van der Waals surface area contributed by atoms with E-state index in [0.29, 0.717) is 24.1 Å². The molecule has 2 rings (SSSR count). The van der Waals surface area contributed by atoms with Gasteiger partial charge in [0.25, 0.3) is 0 Å². The van der Waals surface area contributed by atoms with Crippen molar-refractivity contribution < 1.29 is 22.4 Å². The van der Waals surface area contributed by atoms with Gasteiger partial charge in [0.2, 0.25) is 5.91 Å².